The highest BCUT2D eigenvalue weighted by molar-refractivity contribution is 6.35. The molecule has 1 aliphatic rings. The molecular weight excluding hydrogens is 373 g/mol. The predicted octanol–water partition coefficient (Wildman–Crippen LogP) is 4.48. The summed E-state index contributed by atoms with van der Waals surface area (Å²) in [6.45, 7) is 2.05. The lowest BCUT2D eigenvalue weighted by molar-refractivity contribution is 0.0953. The van der Waals surface area contributed by atoms with E-state index in [1.54, 1.807) is 41.3 Å². The van der Waals surface area contributed by atoms with Gasteiger partial charge in [-0.1, -0.05) is 30.1 Å². The molecule has 1 unspecified atom stereocenters. The van der Waals surface area contributed by atoms with Gasteiger partial charge in [-0.15, -0.1) is 5.10 Å². The van der Waals surface area contributed by atoms with Gasteiger partial charge in [0.2, 0.25) is 0 Å². The Hall–Kier alpha value is -2.44. The number of carbonyl (C=O) groups excluding carboxylic acids is 1. The monoisotopic (exact) mass is 387 g/mol. The molecule has 0 radical (unpaired) electrons. The van der Waals surface area contributed by atoms with Crippen LogP contribution in [0, 0.1) is 5.92 Å². The summed E-state index contributed by atoms with van der Waals surface area (Å²) in [6, 6.07) is 6.84. The van der Waals surface area contributed by atoms with E-state index in [2.05, 4.69) is 20.4 Å². The number of benzene rings is 1. The number of carbonyl (C=O) groups is 1. The van der Waals surface area contributed by atoms with Crippen LogP contribution >= 0.6 is 23.2 Å². The Balaban J connectivity index is 1.83. The van der Waals surface area contributed by atoms with E-state index in [0.29, 0.717) is 39.5 Å². The first-order valence-corrected chi connectivity index (χ1v) is 8.92. The van der Waals surface area contributed by atoms with E-state index in [0.717, 1.165) is 12.1 Å². The van der Waals surface area contributed by atoms with Gasteiger partial charge in [-0.2, -0.15) is 0 Å². The normalized spacial score (nSPS) is 16.4. The number of rotatable bonds is 3. The molecule has 6 nitrogen and oxygen atoms in total. The van der Waals surface area contributed by atoms with Crippen molar-refractivity contribution in [2.45, 2.75) is 19.8 Å². The molecule has 4 rings (SSSR count). The van der Waals surface area contributed by atoms with Crippen LogP contribution in [0.15, 0.2) is 36.7 Å². The van der Waals surface area contributed by atoms with Crippen molar-refractivity contribution in [3.63, 3.8) is 0 Å². The van der Waals surface area contributed by atoms with Gasteiger partial charge in [0.05, 0.1) is 11.3 Å². The molecule has 1 aromatic carbocycles. The topological polar surface area (TPSA) is 72.7 Å². The first-order valence-electron chi connectivity index (χ1n) is 8.17. The molecular formula is C18H15Cl2N5O. The summed E-state index contributed by atoms with van der Waals surface area (Å²) in [5, 5.41) is 8.75. The molecule has 0 bridgehead atoms. The first kappa shape index (κ1) is 17.0. The van der Waals surface area contributed by atoms with Gasteiger partial charge in [0.15, 0.2) is 11.6 Å². The Morgan fingerprint density at radius 3 is 2.50 bits per heavy atom. The third kappa shape index (κ3) is 3.18. The largest absolute Gasteiger partial charge is 0.338 e. The van der Waals surface area contributed by atoms with Crippen LogP contribution in [0.2, 0.25) is 10.0 Å². The SMILES string of the molecule is CC1CC(=O)c2c(Nc3cc(Cl)cc(Cl)c3)nn(-c3ncccn3)c2C1. The first-order chi connectivity index (χ1) is 12.5. The van der Waals surface area contributed by atoms with E-state index < -0.39 is 0 Å². The second-order valence-electron chi connectivity index (χ2n) is 6.35. The van der Waals surface area contributed by atoms with Crippen LogP contribution in [0.3, 0.4) is 0 Å². The van der Waals surface area contributed by atoms with Crippen molar-refractivity contribution >= 4 is 40.5 Å². The molecule has 0 fully saturated rings. The fourth-order valence-corrected chi connectivity index (χ4v) is 3.70. The average Bonchev–Trinajstić information content (AvgIpc) is 2.93. The van der Waals surface area contributed by atoms with Crippen molar-refractivity contribution in [3.05, 3.63) is 58.0 Å². The van der Waals surface area contributed by atoms with Crippen LogP contribution in [0.5, 0.6) is 0 Å². The number of hydrogen-bond donors (Lipinski definition) is 1. The molecule has 132 valence electrons. The quantitative estimate of drug-likeness (QED) is 0.716. The third-order valence-electron chi connectivity index (χ3n) is 4.20. The number of fused-ring (bicyclic) bond motifs is 1. The van der Waals surface area contributed by atoms with Crippen molar-refractivity contribution in [1.29, 1.82) is 0 Å². The predicted molar refractivity (Wildman–Crippen MR) is 101 cm³/mol. The summed E-state index contributed by atoms with van der Waals surface area (Å²) >= 11 is 12.1. The molecule has 1 aliphatic carbocycles. The zero-order valence-electron chi connectivity index (χ0n) is 13.9. The van der Waals surface area contributed by atoms with Crippen LogP contribution in [-0.2, 0) is 6.42 Å². The van der Waals surface area contributed by atoms with E-state index in [4.69, 9.17) is 23.2 Å². The molecule has 8 heteroatoms. The molecule has 26 heavy (non-hydrogen) atoms. The maximum Gasteiger partial charge on any atom is 0.250 e. The minimum Gasteiger partial charge on any atom is -0.338 e. The van der Waals surface area contributed by atoms with Gasteiger partial charge in [-0.25, -0.2) is 14.6 Å². The zero-order chi connectivity index (χ0) is 18.3. The van der Waals surface area contributed by atoms with Crippen molar-refractivity contribution in [3.8, 4) is 5.95 Å². The fraction of sp³-hybridized carbons (Fsp3) is 0.222. The molecule has 0 amide bonds. The number of anilines is 2. The summed E-state index contributed by atoms with van der Waals surface area (Å²) < 4.78 is 1.64. The zero-order valence-corrected chi connectivity index (χ0v) is 15.4. The number of nitrogens with zero attached hydrogens (tertiary/aromatic N) is 4. The number of nitrogens with one attached hydrogen (secondary N) is 1. The lowest BCUT2D eigenvalue weighted by Crippen LogP contribution is -2.20. The van der Waals surface area contributed by atoms with Crippen molar-refractivity contribution in [2.75, 3.05) is 5.32 Å². The number of halogens is 2. The minimum atomic E-state index is 0.0524. The Morgan fingerprint density at radius 1 is 1.12 bits per heavy atom. The second-order valence-corrected chi connectivity index (χ2v) is 7.22. The molecule has 1 N–H and O–H groups in total. The molecule has 2 aromatic heterocycles. The van der Waals surface area contributed by atoms with Gasteiger partial charge in [-0.05, 0) is 36.6 Å². The van der Waals surface area contributed by atoms with E-state index >= 15 is 0 Å². The van der Waals surface area contributed by atoms with Crippen molar-refractivity contribution in [1.82, 2.24) is 19.7 Å². The van der Waals surface area contributed by atoms with Crippen LogP contribution < -0.4 is 5.32 Å². The van der Waals surface area contributed by atoms with Gasteiger partial charge < -0.3 is 5.32 Å². The van der Waals surface area contributed by atoms with E-state index in [1.165, 1.54) is 0 Å². The molecule has 0 saturated carbocycles. The maximum atomic E-state index is 12.7. The number of aromatic nitrogens is 4. The molecule has 1 atom stereocenters. The Kier molecular flexibility index (Phi) is 4.38. The van der Waals surface area contributed by atoms with Crippen LogP contribution in [-0.4, -0.2) is 25.5 Å². The van der Waals surface area contributed by atoms with Gasteiger partial charge in [0.25, 0.3) is 5.95 Å². The van der Waals surface area contributed by atoms with Crippen LogP contribution in [0.4, 0.5) is 11.5 Å². The Morgan fingerprint density at radius 2 is 1.81 bits per heavy atom. The number of hydrogen-bond acceptors (Lipinski definition) is 5. The highest BCUT2D eigenvalue weighted by Gasteiger charge is 2.31. The summed E-state index contributed by atoms with van der Waals surface area (Å²) in [5.74, 6) is 1.18. The Bertz CT molecular complexity index is 966. The molecule has 3 aromatic rings. The van der Waals surface area contributed by atoms with Gasteiger partial charge in [0, 0.05) is 34.5 Å². The highest BCUT2D eigenvalue weighted by atomic mass is 35.5. The van der Waals surface area contributed by atoms with E-state index in [1.807, 2.05) is 6.92 Å². The van der Waals surface area contributed by atoms with E-state index in [9.17, 15) is 4.79 Å². The number of Topliss-reactive ketones (excluding diaryl/α,β-unsaturated/α-hetero) is 1. The summed E-state index contributed by atoms with van der Waals surface area (Å²) in [7, 11) is 0. The lowest BCUT2D eigenvalue weighted by atomic mass is 9.88. The maximum absolute atomic E-state index is 12.7. The summed E-state index contributed by atoms with van der Waals surface area (Å²) in [4.78, 5) is 21.2. The van der Waals surface area contributed by atoms with Crippen LogP contribution in [0.25, 0.3) is 5.95 Å². The Labute approximate surface area is 160 Å². The second kappa shape index (κ2) is 6.70. The molecule has 0 aliphatic heterocycles. The molecule has 0 spiro atoms. The third-order valence-corrected chi connectivity index (χ3v) is 4.64. The van der Waals surface area contributed by atoms with Gasteiger partial charge in [-0.3, -0.25) is 4.79 Å². The molecule has 2 heterocycles. The molecule has 0 saturated heterocycles. The van der Waals surface area contributed by atoms with Crippen molar-refractivity contribution in [2.24, 2.45) is 5.92 Å². The standard InChI is InChI=1S/C18H15Cl2N5O/c1-10-5-14-16(15(26)6-10)17(23-13-8-11(19)7-12(20)9-13)24-25(14)18-21-3-2-4-22-18/h2-4,7-10H,5-6H2,1H3,(H,23,24). The van der Waals surface area contributed by atoms with Crippen molar-refractivity contribution < 1.29 is 4.79 Å². The van der Waals surface area contributed by atoms with Gasteiger partial charge in [0.1, 0.15) is 0 Å². The highest BCUT2D eigenvalue weighted by Crippen LogP contribution is 2.34. The van der Waals surface area contributed by atoms with Gasteiger partial charge >= 0.3 is 0 Å². The van der Waals surface area contributed by atoms with Crippen LogP contribution in [0.1, 0.15) is 29.4 Å². The average molecular weight is 388 g/mol. The summed E-state index contributed by atoms with van der Waals surface area (Å²) in [6.07, 6.45) is 4.51. The fourth-order valence-electron chi connectivity index (χ4n) is 3.17. The minimum absolute atomic E-state index is 0.0524. The smallest absolute Gasteiger partial charge is 0.250 e. The number of ketones is 1. The lowest BCUT2D eigenvalue weighted by Gasteiger charge is -2.18. The van der Waals surface area contributed by atoms with E-state index in [-0.39, 0.29) is 11.7 Å². The summed E-state index contributed by atoms with van der Waals surface area (Å²) in [5.41, 5.74) is 2.05.